The predicted octanol–water partition coefficient (Wildman–Crippen LogP) is 6.48. The molecule has 0 radical (unpaired) electrons. The van der Waals surface area contributed by atoms with Gasteiger partial charge in [-0.3, -0.25) is 9.29 Å². The molecule has 3 aromatic carbocycles. The van der Waals surface area contributed by atoms with Crippen LogP contribution >= 0.6 is 11.3 Å². The summed E-state index contributed by atoms with van der Waals surface area (Å²) in [6.45, 7) is 0.0194. The molecular formula is C29H23F4N3O7S3. The molecule has 0 saturated carbocycles. The van der Waals surface area contributed by atoms with E-state index in [1.807, 2.05) is 0 Å². The molecule has 5 aromatic rings. The molecule has 0 saturated heterocycles. The zero-order valence-corrected chi connectivity index (χ0v) is 26.5. The third kappa shape index (κ3) is 6.56. The average molecular weight is 698 g/mol. The zero-order valence-electron chi connectivity index (χ0n) is 24.1. The molecule has 1 unspecified atom stereocenters. The summed E-state index contributed by atoms with van der Waals surface area (Å²) >= 11 is 1.19. The topological polar surface area (TPSA) is 117 Å². The minimum Gasteiger partial charge on any atom is -0.497 e. The van der Waals surface area contributed by atoms with Crippen LogP contribution in [0.15, 0.2) is 77.3 Å². The number of anilines is 1. The highest BCUT2D eigenvalue weighted by atomic mass is 32.2. The first-order chi connectivity index (χ1) is 21.9. The molecular weight excluding hydrogens is 675 g/mol. The predicted molar refractivity (Wildman–Crippen MR) is 164 cm³/mol. The summed E-state index contributed by atoms with van der Waals surface area (Å²) in [6, 6.07) is 12.7. The Hall–Kier alpha value is -4.48. The number of thiazole rings is 1. The fourth-order valence-corrected chi connectivity index (χ4v) is 6.86. The smallest absolute Gasteiger partial charge is 0.497 e. The van der Waals surface area contributed by atoms with E-state index in [-0.39, 0.29) is 39.2 Å². The van der Waals surface area contributed by atoms with Gasteiger partial charge in [0.25, 0.3) is 0 Å². The maximum Gasteiger partial charge on any atom is 0.534 e. The highest BCUT2D eigenvalue weighted by molar-refractivity contribution is 7.88. The van der Waals surface area contributed by atoms with Gasteiger partial charge in [0, 0.05) is 45.6 Å². The molecule has 2 aromatic heterocycles. The third-order valence-corrected chi connectivity index (χ3v) is 9.80. The van der Waals surface area contributed by atoms with Crippen molar-refractivity contribution < 1.29 is 48.6 Å². The molecule has 0 aliphatic heterocycles. The van der Waals surface area contributed by atoms with Crippen molar-refractivity contribution in [1.82, 2.24) is 9.97 Å². The maximum absolute atomic E-state index is 14.2. The van der Waals surface area contributed by atoms with E-state index in [2.05, 4.69) is 14.2 Å². The molecule has 242 valence electrons. The Labute approximate surface area is 266 Å². The van der Waals surface area contributed by atoms with E-state index in [4.69, 9.17) is 14.2 Å². The van der Waals surface area contributed by atoms with Crippen molar-refractivity contribution in [3.05, 3.63) is 83.8 Å². The fourth-order valence-electron chi connectivity index (χ4n) is 4.41. The molecule has 0 bridgehead atoms. The van der Waals surface area contributed by atoms with E-state index >= 15 is 0 Å². The van der Waals surface area contributed by atoms with Crippen molar-refractivity contribution in [1.29, 1.82) is 0 Å². The first-order valence-corrected chi connectivity index (χ1v) is 16.3. The van der Waals surface area contributed by atoms with Crippen molar-refractivity contribution >= 4 is 48.3 Å². The second-order valence-electron chi connectivity index (χ2n) is 9.28. The number of alkyl halides is 3. The Morgan fingerprint density at radius 1 is 0.891 bits per heavy atom. The molecule has 17 heteroatoms. The van der Waals surface area contributed by atoms with Crippen molar-refractivity contribution in [2.24, 2.45) is 0 Å². The number of benzene rings is 3. The van der Waals surface area contributed by atoms with E-state index in [1.165, 1.54) is 67.4 Å². The van der Waals surface area contributed by atoms with Gasteiger partial charge in [0.1, 0.15) is 23.1 Å². The molecule has 1 atom stereocenters. The van der Waals surface area contributed by atoms with Crippen LogP contribution in [0.1, 0.15) is 5.56 Å². The molecule has 0 aliphatic carbocycles. The van der Waals surface area contributed by atoms with Crippen LogP contribution in [0.5, 0.6) is 23.0 Å². The summed E-state index contributed by atoms with van der Waals surface area (Å²) in [7, 11) is -3.92. The minimum absolute atomic E-state index is 0.0194. The minimum atomic E-state index is -6.11. The second-order valence-corrected chi connectivity index (χ2v) is 13.1. The average Bonchev–Trinajstić information content (AvgIpc) is 3.57. The number of pyridine rings is 1. The van der Waals surface area contributed by atoms with Gasteiger partial charge in [0.2, 0.25) is 0 Å². The molecule has 2 heterocycles. The highest BCUT2D eigenvalue weighted by Gasteiger charge is 2.49. The van der Waals surface area contributed by atoms with Gasteiger partial charge in [-0.05, 0) is 36.4 Å². The van der Waals surface area contributed by atoms with Crippen molar-refractivity contribution in [3.63, 3.8) is 0 Å². The van der Waals surface area contributed by atoms with Crippen LogP contribution in [0.3, 0.4) is 0 Å². The lowest BCUT2D eigenvalue weighted by Crippen LogP contribution is -2.28. The van der Waals surface area contributed by atoms with Gasteiger partial charge >= 0.3 is 15.6 Å². The lowest BCUT2D eigenvalue weighted by atomic mass is 10.0. The number of aromatic nitrogens is 2. The molecule has 46 heavy (non-hydrogen) atoms. The number of fused-ring (bicyclic) bond motifs is 1. The zero-order chi connectivity index (χ0) is 33.2. The summed E-state index contributed by atoms with van der Waals surface area (Å²) in [6.07, 6.45) is 2.30. The Balaban J connectivity index is 1.67. The quantitative estimate of drug-likeness (QED) is 0.0869. The summed E-state index contributed by atoms with van der Waals surface area (Å²) in [5.74, 6) is -0.362. The van der Waals surface area contributed by atoms with E-state index in [1.54, 1.807) is 23.6 Å². The fraction of sp³-hybridized carbons (Fsp3) is 0.172. The van der Waals surface area contributed by atoms with Crippen molar-refractivity contribution in [2.45, 2.75) is 16.9 Å². The van der Waals surface area contributed by atoms with Gasteiger partial charge in [-0.25, -0.2) is 13.6 Å². The van der Waals surface area contributed by atoms with Crippen molar-refractivity contribution in [3.8, 4) is 34.3 Å². The highest BCUT2D eigenvalue weighted by Crippen LogP contribution is 2.40. The van der Waals surface area contributed by atoms with Crippen LogP contribution in [-0.2, 0) is 27.6 Å². The standard InChI is InChI=1S/C29H23F4N3O7S3/c1-40-19-6-4-17(24(13-19)41-2)16-36(28-34-10-11-44-28)45(37)20-7-9-21-23(14-20)26(43-46(38,39)29(31,32)33)15-35-27(21)22-8-5-18(30)12-25(22)42-3/h4-15H,16H2,1-3H3. The van der Waals surface area contributed by atoms with Crippen LogP contribution in [0.2, 0.25) is 0 Å². The number of halogens is 4. The van der Waals surface area contributed by atoms with Gasteiger partial charge in [0.05, 0.1) is 44.7 Å². The molecule has 10 nitrogen and oxygen atoms in total. The Morgan fingerprint density at radius 3 is 2.30 bits per heavy atom. The van der Waals surface area contributed by atoms with Crippen LogP contribution in [0.4, 0.5) is 22.7 Å². The van der Waals surface area contributed by atoms with Crippen LogP contribution in [-0.4, -0.2) is 49.4 Å². The molecule has 0 amide bonds. The molecule has 5 rings (SSSR count). The van der Waals surface area contributed by atoms with Gasteiger partial charge in [-0.2, -0.15) is 21.6 Å². The Bertz CT molecular complexity index is 2030. The molecule has 0 aliphatic rings. The molecule has 0 N–H and O–H groups in total. The van der Waals surface area contributed by atoms with E-state index in [0.717, 1.165) is 18.3 Å². The Kier molecular flexibility index (Phi) is 9.37. The molecule has 0 spiro atoms. The lowest BCUT2D eigenvalue weighted by Gasteiger charge is -2.22. The summed E-state index contributed by atoms with van der Waals surface area (Å²) < 4.78 is 114. The summed E-state index contributed by atoms with van der Waals surface area (Å²) in [5.41, 5.74) is -4.76. The van der Waals surface area contributed by atoms with Crippen molar-refractivity contribution in [2.75, 3.05) is 25.6 Å². The maximum atomic E-state index is 14.2. The van der Waals surface area contributed by atoms with Gasteiger partial charge in [-0.15, -0.1) is 11.3 Å². The summed E-state index contributed by atoms with van der Waals surface area (Å²) in [5, 5.41) is 1.96. The van der Waals surface area contributed by atoms with Crippen LogP contribution < -0.4 is 22.7 Å². The van der Waals surface area contributed by atoms with E-state index < -0.39 is 38.2 Å². The number of nitrogens with zero attached hydrogens (tertiary/aromatic N) is 3. The largest absolute Gasteiger partial charge is 0.534 e. The first-order valence-electron chi connectivity index (χ1n) is 12.9. The second kappa shape index (κ2) is 13.1. The number of ether oxygens (including phenoxy) is 3. The van der Waals surface area contributed by atoms with Crippen LogP contribution in [0, 0.1) is 5.82 Å². The van der Waals surface area contributed by atoms with Crippen LogP contribution in [0.25, 0.3) is 22.0 Å². The normalized spacial score (nSPS) is 12.5. The first kappa shape index (κ1) is 32.9. The number of hydrogen-bond donors (Lipinski definition) is 0. The third-order valence-electron chi connectivity index (χ3n) is 6.57. The van der Waals surface area contributed by atoms with E-state index in [9.17, 15) is 30.2 Å². The number of methoxy groups -OCH3 is 3. The summed E-state index contributed by atoms with van der Waals surface area (Å²) in [4.78, 5) is 8.49. The van der Waals surface area contributed by atoms with Gasteiger partial charge < -0.3 is 18.4 Å². The molecule has 0 fully saturated rings. The van der Waals surface area contributed by atoms with Gasteiger partial charge in [0.15, 0.2) is 21.9 Å². The van der Waals surface area contributed by atoms with Gasteiger partial charge in [-0.1, -0.05) is 6.07 Å². The monoisotopic (exact) mass is 697 g/mol. The van der Waals surface area contributed by atoms with E-state index in [0.29, 0.717) is 22.2 Å². The lowest BCUT2D eigenvalue weighted by molar-refractivity contribution is -0.0499. The SMILES string of the molecule is COc1ccc(CN(c2nccs2)S(=O)c2ccc3c(-c4ccc(F)cc4OC)ncc(OS(=O)(=O)C(F)(F)F)c3c2)c(OC)c1. The number of rotatable bonds is 11. The Morgan fingerprint density at radius 2 is 1.65 bits per heavy atom. The number of hydrogen-bond acceptors (Lipinski definition) is 10.